The smallest absolute Gasteiger partial charge is 0.219 e. The van der Waals surface area contributed by atoms with Gasteiger partial charge in [-0.2, -0.15) is 0 Å². The minimum Gasteiger partial charge on any atom is -0.368 e. The molecule has 0 spiro atoms. The number of benzene rings is 1. The van der Waals surface area contributed by atoms with Crippen LogP contribution in [0.4, 0.5) is 5.69 Å². The predicted octanol–water partition coefficient (Wildman–Crippen LogP) is 2.69. The molecule has 2 rings (SSSR count). The molecular formula is C15H24N2O. The minimum atomic E-state index is 0.185. The van der Waals surface area contributed by atoms with Gasteiger partial charge in [-0.3, -0.25) is 4.79 Å². The van der Waals surface area contributed by atoms with E-state index >= 15 is 0 Å². The van der Waals surface area contributed by atoms with Gasteiger partial charge in [0.2, 0.25) is 5.91 Å². The van der Waals surface area contributed by atoms with Gasteiger partial charge in [-0.1, -0.05) is 32.0 Å². The third-order valence-corrected chi connectivity index (χ3v) is 3.18. The number of carbonyl (C=O) groups is 1. The first-order valence-electron chi connectivity index (χ1n) is 6.74. The number of hydrogen-bond donors (Lipinski definition) is 0. The van der Waals surface area contributed by atoms with E-state index in [1.54, 1.807) is 6.92 Å². The lowest BCUT2D eigenvalue weighted by atomic mass is 10.1. The van der Waals surface area contributed by atoms with Crippen molar-refractivity contribution in [1.29, 1.82) is 0 Å². The standard InChI is InChI=1S/C13H18N2O.C2H6/c1-11-5-3-4-6-13(11)15-9-7-14(8-10-15)12(2)16;1-2/h3-6H,7-10H2,1-2H3;1-2H3. The second-order valence-electron chi connectivity index (χ2n) is 4.28. The highest BCUT2D eigenvalue weighted by Gasteiger charge is 2.19. The molecule has 1 fully saturated rings. The van der Waals surface area contributed by atoms with Gasteiger partial charge in [-0.25, -0.2) is 0 Å². The number of carbonyl (C=O) groups excluding carboxylic acids is 1. The van der Waals surface area contributed by atoms with Crippen LogP contribution in [0.2, 0.25) is 0 Å². The maximum atomic E-state index is 11.2. The number of anilines is 1. The molecule has 0 aromatic heterocycles. The summed E-state index contributed by atoms with van der Waals surface area (Å²) in [6.07, 6.45) is 0. The molecule has 3 heteroatoms. The van der Waals surface area contributed by atoms with Crippen molar-refractivity contribution >= 4 is 11.6 Å². The Hall–Kier alpha value is -1.51. The molecule has 1 aliphatic rings. The summed E-state index contributed by atoms with van der Waals surface area (Å²) in [5.74, 6) is 0.185. The second-order valence-corrected chi connectivity index (χ2v) is 4.28. The number of hydrogen-bond acceptors (Lipinski definition) is 2. The summed E-state index contributed by atoms with van der Waals surface area (Å²) >= 11 is 0. The van der Waals surface area contributed by atoms with E-state index in [1.165, 1.54) is 11.3 Å². The summed E-state index contributed by atoms with van der Waals surface area (Å²) in [5.41, 5.74) is 2.60. The lowest BCUT2D eigenvalue weighted by Crippen LogP contribution is -2.48. The van der Waals surface area contributed by atoms with E-state index < -0.39 is 0 Å². The molecule has 1 aromatic carbocycles. The summed E-state index contributed by atoms with van der Waals surface area (Å²) < 4.78 is 0. The topological polar surface area (TPSA) is 23.6 Å². The van der Waals surface area contributed by atoms with Crippen LogP contribution in [0.15, 0.2) is 24.3 Å². The van der Waals surface area contributed by atoms with Crippen LogP contribution in [0.3, 0.4) is 0 Å². The van der Waals surface area contributed by atoms with Crippen LogP contribution in [0.5, 0.6) is 0 Å². The SMILES string of the molecule is CC.CC(=O)N1CCN(c2ccccc2C)CC1. The largest absolute Gasteiger partial charge is 0.368 e. The number of nitrogens with zero attached hydrogens (tertiary/aromatic N) is 2. The molecule has 0 bridgehead atoms. The molecule has 1 heterocycles. The van der Waals surface area contributed by atoms with Gasteiger partial charge in [0.05, 0.1) is 0 Å². The van der Waals surface area contributed by atoms with E-state index in [4.69, 9.17) is 0 Å². The Balaban J connectivity index is 0.000000771. The summed E-state index contributed by atoms with van der Waals surface area (Å²) in [4.78, 5) is 15.5. The van der Waals surface area contributed by atoms with Gasteiger partial charge < -0.3 is 9.80 Å². The Labute approximate surface area is 110 Å². The van der Waals surface area contributed by atoms with Crippen LogP contribution in [0, 0.1) is 6.92 Å². The molecule has 100 valence electrons. The van der Waals surface area contributed by atoms with Crippen molar-refractivity contribution in [1.82, 2.24) is 4.90 Å². The molecule has 0 aliphatic carbocycles. The third kappa shape index (κ3) is 3.49. The highest BCUT2D eigenvalue weighted by molar-refractivity contribution is 5.73. The fourth-order valence-corrected chi connectivity index (χ4v) is 2.18. The van der Waals surface area contributed by atoms with E-state index in [0.29, 0.717) is 0 Å². The van der Waals surface area contributed by atoms with E-state index in [0.717, 1.165) is 26.2 Å². The molecule has 18 heavy (non-hydrogen) atoms. The Bertz CT molecular complexity index is 382. The van der Waals surface area contributed by atoms with Crippen LogP contribution in [-0.2, 0) is 4.79 Å². The molecule has 1 saturated heterocycles. The number of piperazine rings is 1. The highest BCUT2D eigenvalue weighted by atomic mass is 16.2. The molecule has 0 unspecified atom stereocenters. The van der Waals surface area contributed by atoms with Crippen LogP contribution >= 0.6 is 0 Å². The van der Waals surface area contributed by atoms with Gasteiger partial charge in [0, 0.05) is 38.8 Å². The van der Waals surface area contributed by atoms with Gasteiger partial charge in [0.15, 0.2) is 0 Å². The lowest BCUT2D eigenvalue weighted by molar-refractivity contribution is -0.129. The molecule has 1 amide bonds. The highest BCUT2D eigenvalue weighted by Crippen LogP contribution is 2.20. The summed E-state index contributed by atoms with van der Waals surface area (Å²) in [7, 11) is 0. The molecule has 0 saturated carbocycles. The summed E-state index contributed by atoms with van der Waals surface area (Å²) in [6, 6.07) is 8.41. The van der Waals surface area contributed by atoms with Crippen molar-refractivity contribution in [2.24, 2.45) is 0 Å². The minimum absolute atomic E-state index is 0.185. The Morgan fingerprint density at radius 3 is 2.11 bits per heavy atom. The summed E-state index contributed by atoms with van der Waals surface area (Å²) in [6.45, 7) is 11.3. The van der Waals surface area contributed by atoms with Crippen molar-refractivity contribution in [3.8, 4) is 0 Å². The average Bonchev–Trinajstić information content (AvgIpc) is 2.42. The normalized spacial score (nSPS) is 14.9. The van der Waals surface area contributed by atoms with Crippen LogP contribution < -0.4 is 4.90 Å². The quantitative estimate of drug-likeness (QED) is 0.763. The van der Waals surface area contributed by atoms with Crippen molar-refractivity contribution in [2.75, 3.05) is 31.1 Å². The van der Waals surface area contributed by atoms with Crippen molar-refractivity contribution in [3.63, 3.8) is 0 Å². The number of para-hydroxylation sites is 1. The van der Waals surface area contributed by atoms with Crippen molar-refractivity contribution in [2.45, 2.75) is 27.7 Å². The first-order chi connectivity index (χ1) is 8.68. The zero-order valence-electron chi connectivity index (χ0n) is 11.9. The Morgan fingerprint density at radius 1 is 1.06 bits per heavy atom. The van der Waals surface area contributed by atoms with Crippen molar-refractivity contribution < 1.29 is 4.79 Å². The molecule has 0 atom stereocenters. The fourth-order valence-electron chi connectivity index (χ4n) is 2.18. The molecule has 0 radical (unpaired) electrons. The molecule has 0 N–H and O–H groups in total. The molecule has 1 aliphatic heterocycles. The van der Waals surface area contributed by atoms with E-state index in [2.05, 4.69) is 36.1 Å². The third-order valence-electron chi connectivity index (χ3n) is 3.18. The average molecular weight is 248 g/mol. The zero-order chi connectivity index (χ0) is 13.5. The molecule has 1 aromatic rings. The predicted molar refractivity (Wildman–Crippen MR) is 77.0 cm³/mol. The first-order valence-corrected chi connectivity index (χ1v) is 6.74. The first kappa shape index (κ1) is 14.6. The maximum Gasteiger partial charge on any atom is 0.219 e. The van der Waals surface area contributed by atoms with Crippen LogP contribution in [0.1, 0.15) is 26.3 Å². The van der Waals surface area contributed by atoms with Gasteiger partial charge in [-0.05, 0) is 18.6 Å². The summed E-state index contributed by atoms with van der Waals surface area (Å²) in [5, 5.41) is 0. The number of amides is 1. The molecular weight excluding hydrogens is 224 g/mol. The zero-order valence-corrected chi connectivity index (χ0v) is 11.9. The Morgan fingerprint density at radius 2 is 1.61 bits per heavy atom. The lowest BCUT2D eigenvalue weighted by Gasteiger charge is -2.36. The van der Waals surface area contributed by atoms with Gasteiger partial charge in [0.25, 0.3) is 0 Å². The van der Waals surface area contributed by atoms with E-state index in [-0.39, 0.29) is 5.91 Å². The van der Waals surface area contributed by atoms with Gasteiger partial charge in [-0.15, -0.1) is 0 Å². The monoisotopic (exact) mass is 248 g/mol. The second kappa shape index (κ2) is 7.04. The fraction of sp³-hybridized carbons (Fsp3) is 0.533. The van der Waals surface area contributed by atoms with Gasteiger partial charge in [0.1, 0.15) is 0 Å². The van der Waals surface area contributed by atoms with E-state index in [1.807, 2.05) is 18.7 Å². The van der Waals surface area contributed by atoms with E-state index in [9.17, 15) is 4.79 Å². The number of rotatable bonds is 1. The molecule has 3 nitrogen and oxygen atoms in total. The van der Waals surface area contributed by atoms with Crippen LogP contribution in [0.25, 0.3) is 0 Å². The number of aryl methyl sites for hydroxylation is 1. The Kier molecular flexibility index (Phi) is 5.69. The van der Waals surface area contributed by atoms with Crippen molar-refractivity contribution in [3.05, 3.63) is 29.8 Å². The van der Waals surface area contributed by atoms with Gasteiger partial charge >= 0.3 is 0 Å². The maximum absolute atomic E-state index is 11.2. The van der Waals surface area contributed by atoms with Crippen LogP contribution in [-0.4, -0.2) is 37.0 Å².